The maximum atomic E-state index is 13.1. The fourth-order valence-electron chi connectivity index (χ4n) is 2.11. The van der Waals surface area contributed by atoms with Crippen molar-refractivity contribution in [3.63, 3.8) is 0 Å². The van der Waals surface area contributed by atoms with Crippen LogP contribution in [0.15, 0.2) is 45.8 Å². The fourth-order valence-corrected chi connectivity index (χ4v) is 3.50. The smallest absolute Gasteiger partial charge is 0.242 e. The molecule has 0 radical (unpaired) electrons. The lowest BCUT2D eigenvalue weighted by molar-refractivity contribution is 0.0747. The average Bonchev–Trinajstić information content (AvgIpc) is 2.96. The van der Waals surface area contributed by atoms with E-state index in [-0.39, 0.29) is 17.3 Å². The molecule has 10 heteroatoms. The Labute approximate surface area is 152 Å². The normalized spacial score (nSPS) is 12.0. The number of rotatable bonds is 5. The summed E-state index contributed by atoms with van der Waals surface area (Å²) in [7, 11) is -0.670. The third kappa shape index (κ3) is 3.51. The van der Waals surface area contributed by atoms with E-state index in [1.807, 2.05) is 0 Å². The van der Waals surface area contributed by atoms with E-state index in [0.29, 0.717) is 21.1 Å². The molecule has 0 fully saturated rings. The third-order valence-electron chi connectivity index (χ3n) is 3.52. The number of nitrogens with zero attached hydrogens (tertiary/aromatic N) is 4. The monoisotopic (exact) mass is 428 g/mol. The van der Waals surface area contributed by atoms with E-state index < -0.39 is 10.0 Å². The van der Waals surface area contributed by atoms with Crippen molar-refractivity contribution in [2.75, 3.05) is 14.1 Å². The van der Waals surface area contributed by atoms with Gasteiger partial charge in [0.05, 0.1) is 4.90 Å². The van der Waals surface area contributed by atoms with Gasteiger partial charge in [0.1, 0.15) is 23.5 Å². The number of aromatic nitrogens is 3. The van der Waals surface area contributed by atoms with Crippen LogP contribution in [0.5, 0.6) is 0 Å². The van der Waals surface area contributed by atoms with Gasteiger partial charge in [-0.15, -0.1) is 5.10 Å². The maximum Gasteiger partial charge on any atom is 0.242 e. The van der Waals surface area contributed by atoms with Gasteiger partial charge in [0.15, 0.2) is 0 Å². The van der Waals surface area contributed by atoms with E-state index in [4.69, 9.17) is 4.84 Å². The van der Waals surface area contributed by atoms with Gasteiger partial charge < -0.3 is 4.84 Å². The molecule has 0 amide bonds. The molecule has 3 aromatic rings. The Hall–Kier alpha value is -2.04. The lowest BCUT2D eigenvalue weighted by Crippen LogP contribution is -2.22. The molecule has 0 unspecified atom stereocenters. The molecule has 0 bridgehead atoms. The zero-order chi connectivity index (χ0) is 18.2. The molecule has 0 spiro atoms. The molecule has 0 aliphatic rings. The molecule has 1 heterocycles. The zero-order valence-corrected chi connectivity index (χ0v) is 15.8. The molecule has 0 aliphatic heterocycles. The molecule has 0 aliphatic carbocycles. The molecule has 1 aromatic heterocycles. The van der Waals surface area contributed by atoms with Crippen LogP contribution in [0, 0.1) is 5.82 Å². The SMILES string of the molecule is CN(C)S(=O)(=O)c1ccc2nnn(OCc3ccc(F)cc3Br)c2c1. The molecule has 0 saturated carbocycles. The summed E-state index contributed by atoms with van der Waals surface area (Å²) in [4.78, 5) is 6.84. The van der Waals surface area contributed by atoms with Gasteiger partial charge in [0.2, 0.25) is 10.0 Å². The molecule has 3 rings (SSSR count). The van der Waals surface area contributed by atoms with Crippen molar-refractivity contribution < 1.29 is 17.6 Å². The number of fused-ring (bicyclic) bond motifs is 1. The number of hydrogen-bond acceptors (Lipinski definition) is 5. The van der Waals surface area contributed by atoms with Crippen LogP contribution in [0.3, 0.4) is 0 Å². The van der Waals surface area contributed by atoms with Crippen molar-refractivity contribution >= 4 is 37.0 Å². The molecule has 0 saturated heterocycles. The Bertz CT molecular complexity index is 1040. The highest BCUT2D eigenvalue weighted by Gasteiger charge is 2.19. The number of hydrogen-bond donors (Lipinski definition) is 0. The highest BCUT2D eigenvalue weighted by molar-refractivity contribution is 9.10. The van der Waals surface area contributed by atoms with Gasteiger partial charge in [-0.25, -0.2) is 17.1 Å². The first-order chi connectivity index (χ1) is 11.8. The van der Waals surface area contributed by atoms with Crippen LogP contribution in [-0.4, -0.2) is 42.0 Å². The summed E-state index contributed by atoms with van der Waals surface area (Å²) in [5.74, 6) is -0.361. The lowest BCUT2D eigenvalue weighted by atomic mass is 10.2. The lowest BCUT2D eigenvalue weighted by Gasteiger charge is -2.11. The summed E-state index contributed by atoms with van der Waals surface area (Å²) in [5.41, 5.74) is 1.62. The van der Waals surface area contributed by atoms with Crippen LogP contribution in [0.25, 0.3) is 11.0 Å². The predicted octanol–water partition coefficient (Wildman–Crippen LogP) is 2.21. The molecule has 0 N–H and O–H groups in total. The highest BCUT2D eigenvalue weighted by atomic mass is 79.9. The number of halogens is 2. The summed E-state index contributed by atoms with van der Waals surface area (Å²) in [6.45, 7) is 0.101. The quantitative estimate of drug-likeness (QED) is 0.622. The van der Waals surface area contributed by atoms with Crippen LogP contribution in [-0.2, 0) is 16.6 Å². The summed E-state index contributed by atoms with van der Waals surface area (Å²) < 4.78 is 39.3. The maximum absolute atomic E-state index is 13.1. The van der Waals surface area contributed by atoms with E-state index in [1.54, 1.807) is 12.1 Å². The van der Waals surface area contributed by atoms with E-state index in [9.17, 15) is 12.8 Å². The second-order valence-corrected chi connectivity index (χ2v) is 8.42. The van der Waals surface area contributed by atoms with Crippen molar-refractivity contribution in [2.45, 2.75) is 11.5 Å². The van der Waals surface area contributed by atoms with Crippen LogP contribution in [0.2, 0.25) is 0 Å². The Balaban J connectivity index is 1.92. The van der Waals surface area contributed by atoms with E-state index in [1.165, 1.54) is 38.4 Å². The molecular formula is C15H14BrFN4O3S. The largest absolute Gasteiger partial charge is 0.390 e. The second-order valence-electron chi connectivity index (χ2n) is 5.41. The minimum atomic E-state index is -3.58. The van der Waals surface area contributed by atoms with Gasteiger partial charge in [-0.2, -0.15) is 0 Å². The topological polar surface area (TPSA) is 77.3 Å². The summed E-state index contributed by atoms with van der Waals surface area (Å²) >= 11 is 3.26. The van der Waals surface area contributed by atoms with Crippen molar-refractivity contribution in [1.82, 2.24) is 19.5 Å². The Morgan fingerprint density at radius 2 is 2.00 bits per heavy atom. The highest BCUT2D eigenvalue weighted by Crippen LogP contribution is 2.21. The Kier molecular flexibility index (Phi) is 4.76. The fraction of sp³-hybridized carbons (Fsp3) is 0.200. The standard InChI is InChI=1S/C15H14BrFN4O3S/c1-20(2)25(22,23)12-5-6-14-15(8-12)21(19-18-14)24-9-10-3-4-11(17)7-13(10)16/h3-8H,9H2,1-2H3. The van der Waals surface area contributed by atoms with Gasteiger partial charge in [-0.05, 0) is 35.5 Å². The van der Waals surface area contributed by atoms with Crippen LogP contribution in [0.4, 0.5) is 4.39 Å². The Morgan fingerprint density at radius 1 is 1.24 bits per heavy atom. The first kappa shape index (κ1) is 17.8. The van der Waals surface area contributed by atoms with E-state index in [2.05, 4.69) is 26.2 Å². The minimum absolute atomic E-state index is 0.101. The molecule has 25 heavy (non-hydrogen) atoms. The van der Waals surface area contributed by atoms with Gasteiger partial charge >= 0.3 is 0 Å². The molecular weight excluding hydrogens is 415 g/mol. The van der Waals surface area contributed by atoms with Crippen LogP contribution >= 0.6 is 15.9 Å². The van der Waals surface area contributed by atoms with Crippen molar-refractivity contribution in [3.05, 3.63) is 52.3 Å². The first-order valence-corrected chi connectivity index (χ1v) is 9.37. The van der Waals surface area contributed by atoms with E-state index >= 15 is 0 Å². The van der Waals surface area contributed by atoms with Gasteiger partial charge in [-0.1, -0.05) is 26.8 Å². The van der Waals surface area contributed by atoms with Crippen molar-refractivity contribution in [3.8, 4) is 0 Å². The summed E-state index contributed by atoms with van der Waals surface area (Å²) in [6.07, 6.45) is 0. The molecule has 0 atom stereocenters. The van der Waals surface area contributed by atoms with Gasteiger partial charge in [0, 0.05) is 24.1 Å². The van der Waals surface area contributed by atoms with Gasteiger partial charge in [-0.3, -0.25) is 0 Å². The predicted molar refractivity (Wildman–Crippen MR) is 92.8 cm³/mol. The van der Waals surface area contributed by atoms with E-state index in [0.717, 1.165) is 9.15 Å². The summed E-state index contributed by atoms with van der Waals surface area (Å²) in [6, 6.07) is 8.72. The number of benzene rings is 2. The van der Waals surface area contributed by atoms with Gasteiger partial charge in [0.25, 0.3) is 0 Å². The molecule has 132 valence electrons. The Morgan fingerprint density at radius 3 is 2.68 bits per heavy atom. The zero-order valence-electron chi connectivity index (χ0n) is 13.3. The summed E-state index contributed by atoms with van der Waals surface area (Å²) in [5, 5.41) is 7.82. The average molecular weight is 429 g/mol. The minimum Gasteiger partial charge on any atom is -0.390 e. The first-order valence-electron chi connectivity index (χ1n) is 7.14. The molecule has 2 aromatic carbocycles. The second kappa shape index (κ2) is 6.70. The molecule has 7 nitrogen and oxygen atoms in total. The van der Waals surface area contributed by atoms with Crippen LogP contribution < -0.4 is 4.84 Å². The van der Waals surface area contributed by atoms with Crippen molar-refractivity contribution in [1.29, 1.82) is 0 Å². The third-order valence-corrected chi connectivity index (χ3v) is 6.07. The number of sulfonamides is 1. The van der Waals surface area contributed by atoms with Crippen LogP contribution in [0.1, 0.15) is 5.56 Å². The van der Waals surface area contributed by atoms with Crippen molar-refractivity contribution in [2.24, 2.45) is 0 Å².